The molecule has 3 aliphatic heterocycles. The van der Waals surface area contributed by atoms with Gasteiger partial charge in [-0.3, -0.25) is 4.79 Å². The van der Waals surface area contributed by atoms with Crippen LogP contribution in [0.3, 0.4) is 0 Å². The molecular formula is C20H23F4N3O4. The zero-order chi connectivity index (χ0) is 22.2. The Morgan fingerprint density at radius 2 is 1.81 bits per heavy atom. The van der Waals surface area contributed by atoms with Gasteiger partial charge in [0.05, 0.1) is 17.7 Å². The molecule has 7 nitrogen and oxygen atoms in total. The summed E-state index contributed by atoms with van der Waals surface area (Å²) >= 11 is 0. The molecule has 0 aromatic heterocycles. The molecule has 0 bridgehead atoms. The fraction of sp³-hybridized carbons (Fsp3) is 0.600. The van der Waals surface area contributed by atoms with Crippen LogP contribution < -0.4 is 10.1 Å². The number of alkyl halides is 3. The summed E-state index contributed by atoms with van der Waals surface area (Å²) in [5, 5.41) is 2.85. The molecule has 31 heavy (non-hydrogen) atoms. The van der Waals surface area contributed by atoms with Gasteiger partial charge in [-0.25, -0.2) is 9.18 Å². The lowest BCUT2D eigenvalue weighted by Gasteiger charge is -2.43. The zero-order valence-electron chi connectivity index (χ0n) is 16.7. The molecule has 0 saturated carbocycles. The maximum absolute atomic E-state index is 13.6. The molecule has 2 atom stereocenters. The number of urea groups is 1. The van der Waals surface area contributed by atoms with Crippen molar-refractivity contribution in [1.29, 1.82) is 0 Å². The van der Waals surface area contributed by atoms with Crippen molar-refractivity contribution in [3.05, 3.63) is 29.6 Å². The minimum absolute atomic E-state index is 0.0401. The van der Waals surface area contributed by atoms with Crippen LogP contribution in [0.15, 0.2) is 18.2 Å². The highest BCUT2D eigenvalue weighted by Gasteiger charge is 2.38. The summed E-state index contributed by atoms with van der Waals surface area (Å²) in [6.07, 6.45) is -3.69. The van der Waals surface area contributed by atoms with Crippen LogP contribution >= 0.6 is 0 Å². The summed E-state index contributed by atoms with van der Waals surface area (Å²) in [4.78, 5) is 27.7. The van der Waals surface area contributed by atoms with E-state index in [0.29, 0.717) is 51.5 Å². The van der Waals surface area contributed by atoms with Crippen molar-refractivity contribution < 1.29 is 36.6 Å². The van der Waals surface area contributed by atoms with E-state index in [0.717, 1.165) is 12.1 Å². The second-order valence-corrected chi connectivity index (χ2v) is 8.02. The minimum atomic E-state index is -4.66. The number of halogens is 4. The van der Waals surface area contributed by atoms with E-state index in [1.54, 1.807) is 9.80 Å². The van der Waals surface area contributed by atoms with Gasteiger partial charge in [0.1, 0.15) is 24.3 Å². The number of hydrogen-bond donors (Lipinski definition) is 1. The van der Waals surface area contributed by atoms with Gasteiger partial charge in [-0.1, -0.05) is 0 Å². The number of piperidine rings is 2. The first kappa shape index (κ1) is 21.7. The molecule has 3 amide bonds. The molecular weight excluding hydrogens is 422 g/mol. The molecule has 3 heterocycles. The second kappa shape index (κ2) is 8.52. The predicted molar refractivity (Wildman–Crippen MR) is 99.9 cm³/mol. The SMILES string of the molecule is O=C1CO[C@H]2CCN(C(=O)N3CCC(Oc4cc(F)cc(C(F)(F)F)c4)CC3)C[C@H]2N1. The molecule has 3 saturated heterocycles. The van der Waals surface area contributed by atoms with E-state index in [1.807, 2.05) is 0 Å². The minimum Gasteiger partial charge on any atom is -0.490 e. The molecule has 0 aliphatic carbocycles. The van der Waals surface area contributed by atoms with Gasteiger partial charge in [-0.05, 0) is 18.6 Å². The number of nitrogens with one attached hydrogen (secondary N) is 1. The third-order valence-corrected chi connectivity index (χ3v) is 5.81. The van der Waals surface area contributed by atoms with Crippen LogP contribution in [0.2, 0.25) is 0 Å². The number of benzene rings is 1. The van der Waals surface area contributed by atoms with Gasteiger partial charge in [-0.15, -0.1) is 0 Å². The van der Waals surface area contributed by atoms with Gasteiger partial charge in [0, 0.05) is 45.1 Å². The van der Waals surface area contributed by atoms with Crippen LogP contribution in [0.5, 0.6) is 5.75 Å². The number of rotatable bonds is 2. The van der Waals surface area contributed by atoms with Gasteiger partial charge in [0.25, 0.3) is 0 Å². The van der Waals surface area contributed by atoms with Crippen LogP contribution in [0.4, 0.5) is 22.4 Å². The molecule has 170 valence electrons. The van der Waals surface area contributed by atoms with Crippen LogP contribution in [-0.2, 0) is 15.7 Å². The van der Waals surface area contributed by atoms with E-state index in [4.69, 9.17) is 9.47 Å². The zero-order valence-corrected chi connectivity index (χ0v) is 16.7. The van der Waals surface area contributed by atoms with Crippen molar-refractivity contribution in [3.8, 4) is 5.75 Å². The second-order valence-electron chi connectivity index (χ2n) is 8.02. The van der Waals surface area contributed by atoms with Gasteiger partial charge < -0.3 is 24.6 Å². The average molecular weight is 445 g/mol. The number of hydrogen-bond acceptors (Lipinski definition) is 4. The summed E-state index contributed by atoms with van der Waals surface area (Å²) in [6, 6.07) is 1.76. The molecule has 1 N–H and O–H groups in total. The lowest BCUT2D eigenvalue weighted by Crippen LogP contribution is -2.62. The van der Waals surface area contributed by atoms with E-state index < -0.39 is 23.7 Å². The third kappa shape index (κ3) is 5.03. The molecule has 3 aliphatic rings. The number of amides is 3. The Bertz CT molecular complexity index is 842. The predicted octanol–water partition coefficient (Wildman–Crippen LogP) is 2.40. The quantitative estimate of drug-likeness (QED) is 0.710. The van der Waals surface area contributed by atoms with Crippen molar-refractivity contribution in [2.45, 2.75) is 43.7 Å². The Kier molecular flexibility index (Phi) is 5.96. The van der Waals surface area contributed by atoms with Crippen molar-refractivity contribution in [2.24, 2.45) is 0 Å². The Morgan fingerprint density at radius 3 is 2.52 bits per heavy atom. The van der Waals surface area contributed by atoms with Gasteiger partial charge in [0.15, 0.2) is 0 Å². The largest absolute Gasteiger partial charge is 0.490 e. The van der Waals surface area contributed by atoms with Crippen molar-refractivity contribution in [2.75, 3.05) is 32.8 Å². The summed E-state index contributed by atoms with van der Waals surface area (Å²) in [5.41, 5.74) is -1.10. The standard InChI is InChI=1S/C20H23F4N3O4/c21-13-7-12(20(22,23)24)8-15(9-13)31-14-1-4-26(5-2-14)19(29)27-6-3-17-16(10-27)25-18(28)11-30-17/h7-9,14,16-17H,1-6,10-11H2,(H,25,28)/t16-,17+/m1/s1. The molecule has 0 spiro atoms. The molecule has 4 rings (SSSR count). The normalized spacial score (nSPS) is 25.1. The maximum atomic E-state index is 13.6. The van der Waals surface area contributed by atoms with Gasteiger partial charge >= 0.3 is 12.2 Å². The third-order valence-electron chi connectivity index (χ3n) is 5.81. The summed E-state index contributed by atoms with van der Waals surface area (Å²) in [5.74, 6) is -1.38. The van der Waals surface area contributed by atoms with Crippen LogP contribution in [0.25, 0.3) is 0 Å². The van der Waals surface area contributed by atoms with Crippen LogP contribution in [-0.4, -0.2) is 72.8 Å². The summed E-state index contributed by atoms with van der Waals surface area (Å²) in [6.45, 7) is 1.68. The average Bonchev–Trinajstić information content (AvgIpc) is 2.72. The highest BCUT2D eigenvalue weighted by atomic mass is 19.4. The first-order valence-electron chi connectivity index (χ1n) is 10.2. The first-order valence-corrected chi connectivity index (χ1v) is 10.2. The fourth-order valence-corrected chi connectivity index (χ4v) is 4.23. The highest BCUT2D eigenvalue weighted by molar-refractivity contribution is 5.79. The number of ether oxygens (including phenoxy) is 2. The fourth-order valence-electron chi connectivity index (χ4n) is 4.23. The van der Waals surface area contributed by atoms with Gasteiger partial charge in [0.2, 0.25) is 5.91 Å². The van der Waals surface area contributed by atoms with Crippen molar-refractivity contribution >= 4 is 11.9 Å². The monoisotopic (exact) mass is 445 g/mol. The van der Waals surface area contributed by atoms with Crippen LogP contribution in [0, 0.1) is 5.82 Å². The number of fused-ring (bicyclic) bond motifs is 1. The highest BCUT2D eigenvalue weighted by Crippen LogP contribution is 2.33. The lowest BCUT2D eigenvalue weighted by molar-refractivity contribution is -0.140. The first-order chi connectivity index (χ1) is 14.7. The van der Waals surface area contributed by atoms with E-state index in [1.165, 1.54) is 0 Å². The molecule has 0 radical (unpaired) electrons. The number of nitrogens with zero attached hydrogens (tertiary/aromatic N) is 2. The molecule has 1 aromatic carbocycles. The Morgan fingerprint density at radius 1 is 1.10 bits per heavy atom. The van der Waals surface area contributed by atoms with Crippen LogP contribution in [0.1, 0.15) is 24.8 Å². The Balaban J connectivity index is 1.30. The van der Waals surface area contributed by atoms with E-state index in [-0.39, 0.29) is 36.4 Å². The number of likely N-dealkylation sites (tertiary alicyclic amines) is 2. The topological polar surface area (TPSA) is 71.1 Å². The molecule has 0 unspecified atom stereocenters. The van der Waals surface area contributed by atoms with Gasteiger partial charge in [-0.2, -0.15) is 13.2 Å². The summed E-state index contributed by atoms with van der Waals surface area (Å²) < 4.78 is 63.2. The maximum Gasteiger partial charge on any atom is 0.416 e. The molecule has 11 heteroatoms. The Labute approximate surface area is 176 Å². The Hall–Kier alpha value is -2.56. The smallest absolute Gasteiger partial charge is 0.416 e. The van der Waals surface area contributed by atoms with Crippen molar-refractivity contribution in [3.63, 3.8) is 0 Å². The van der Waals surface area contributed by atoms with E-state index >= 15 is 0 Å². The summed E-state index contributed by atoms with van der Waals surface area (Å²) in [7, 11) is 0. The number of morpholine rings is 1. The number of carbonyl (C=O) groups is 2. The molecule has 3 fully saturated rings. The van der Waals surface area contributed by atoms with E-state index in [2.05, 4.69) is 5.32 Å². The number of carbonyl (C=O) groups excluding carboxylic acids is 2. The van der Waals surface area contributed by atoms with E-state index in [9.17, 15) is 27.2 Å². The lowest BCUT2D eigenvalue weighted by atomic mass is 10.0. The van der Waals surface area contributed by atoms with Crippen molar-refractivity contribution in [1.82, 2.24) is 15.1 Å². The molecule has 1 aromatic rings.